The van der Waals surface area contributed by atoms with Gasteiger partial charge in [-0.25, -0.2) is 4.39 Å². The molecular weight excluding hydrogens is 293 g/mol. The van der Waals surface area contributed by atoms with Crippen molar-refractivity contribution in [3.63, 3.8) is 0 Å². The van der Waals surface area contributed by atoms with Gasteiger partial charge in [-0.05, 0) is 36.8 Å². The highest BCUT2D eigenvalue weighted by Crippen LogP contribution is 2.16. The molecule has 0 aliphatic carbocycles. The number of anilines is 1. The van der Waals surface area contributed by atoms with Crippen LogP contribution in [0.1, 0.15) is 18.4 Å². The first-order valence-corrected chi connectivity index (χ1v) is 7.02. The summed E-state index contributed by atoms with van der Waals surface area (Å²) in [5.74, 6) is -0.950. The lowest BCUT2D eigenvalue weighted by atomic mass is 10.2. The predicted molar refractivity (Wildman–Crippen MR) is 81.3 cm³/mol. The molecule has 1 heterocycles. The van der Waals surface area contributed by atoms with Gasteiger partial charge in [0.25, 0.3) is 0 Å². The van der Waals surface area contributed by atoms with Gasteiger partial charge in [-0.1, -0.05) is 6.07 Å². The minimum absolute atomic E-state index is 0.0565. The SMILES string of the molecule is Cc1ccc(F)c(NC(=O)CCN2C(=O)CCNC2=S)c1. The molecule has 7 heteroatoms. The molecule has 2 rings (SSSR count). The zero-order valence-electron chi connectivity index (χ0n) is 11.6. The van der Waals surface area contributed by atoms with Gasteiger partial charge in [0.15, 0.2) is 5.11 Å². The van der Waals surface area contributed by atoms with Gasteiger partial charge >= 0.3 is 0 Å². The smallest absolute Gasteiger partial charge is 0.230 e. The number of benzene rings is 1. The van der Waals surface area contributed by atoms with Crippen LogP contribution in [0.4, 0.5) is 10.1 Å². The molecule has 1 aromatic rings. The average Bonchev–Trinajstić information content (AvgIpc) is 2.42. The summed E-state index contributed by atoms with van der Waals surface area (Å²) in [6.07, 6.45) is 0.412. The van der Waals surface area contributed by atoms with Crippen LogP contribution in [-0.2, 0) is 9.59 Å². The first-order chi connectivity index (χ1) is 9.97. The lowest BCUT2D eigenvalue weighted by Crippen LogP contribution is -2.50. The van der Waals surface area contributed by atoms with Crippen molar-refractivity contribution in [2.75, 3.05) is 18.4 Å². The van der Waals surface area contributed by atoms with E-state index in [1.807, 2.05) is 6.92 Å². The Morgan fingerprint density at radius 3 is 3.00 bits per heavy atom. The first-order valence-electron chi connectivity index (χ1n) is 6.61. The van der Waals surface area contributed by atoms with Crippen molar-refractivity contribution < 1.29 is 14.0 Å². The lowest BCUT2D eigenvalue weighted by Gasteiger charge is -2.28. The second-order valence-electron chi connectivity index (χ2n) is 4.81. The minimum Gasteiger partial charge on any atom is -0.362 e. The molecule has 2 amide bonds. The van der Waals surface area contributed by atoms with Crippen molar-refractivity contribution in [2.45, 2.75) is 19.8 Å². The molecule has 21 heavy (non-hydrogen) atoms. The number of carbonyl (C=O) groups is 2. The molecule has 1 saturated heterocycles. The maximum absolute atomic E-state index is 13.5. The fraction of sp³-hybridized carbons (Fsp3) is 0.357. The predicted octanol–water partition coefficient (Wildman–Crippen LogP) is 1.57. The van der Waals surface area contributed by atoms with Crippen LogP contribution in [0.3, 0.4) is 0 Å². The summed E-state index contributed by atoms with van der Waals surface area (Å²) in [5.41, 5.74) is 0.994. The zero-order valence-corrected chi connectivity index (χ0v) is 12.4. The Morgan fingerprint density at radius 2 is 2.29 bits per heavy atom. The molecular formula is C14H16FN3O2S. The van der Waals surface area contributed by atoms with Gasteiger partial charge in [0.1, 0.15) is 5.82 Å². The summed E-state index contributed by atoms with van der Waals surface area (Å²) in [4.78, 5) is 24.9. The molecule has 1 aliphatic rings. The van der Waals surface area contributed by atoms with Crippen LogP contribution in [-0.4, -0.2) is 34.9 Å². The van der Waals surface area contributed by atoms with E-state index in [1.54, 1.807) is 12.1 Å². The van der Waals surface area contributed by atoms with Gasteiger partial charge in [0, 0.05) is 25.9 Å². The van der Waals surface area contributed by atoms with E-state index in [0.717, 1.165) is 5.56 Å². The number of hydrogen-bond donors (Lipinski definition) is 2. The van der Waals surface area contributed by atoms with Gasteiger partial charge in [0.2, 0.25) is 11.8 Å². The number of halogens is 1. The maximum atomic E-state index is 13.5. The summed E-state index contributed by atoms with van der Waals surface area (Å²) in [7, 11) is 0. The Labute approximate surface area is 127 Å². The molecule has 0 unspecified atom stereocenters. The minimum atomic E-state index is -0.486. The van der Waals surface area contributed by atoms with E-state index < -0.39 is 5.82 Å². The van der Waals surface area contributed by atoms with Crippen molar-refractivity contribution in [3.05, 3.63) is 29.6 Å². The highest BCUT2D eigenvalue weighted by atomic mass is 32.1. The van der Waals surface area contributed by atoms with E-state index in [1.165, 1.54) is 11.0 Å². The van der Waals surface area contributed by atoms with Crippen LogP contribution in [0, 0.1) is 12.7 Å². The van der Waals surface area contributed by atoms with E-state index in [9.17, 15) is 14.0 Å². The second-order valence-corrected chi connectivity index (χ2v) is 5.20. The molecule has 2 N–H and O–H groups in total. The average molecular weight is 309 g/mol. The zero-order chi connectivity index (χ0) is 15.4. The number of hydrogen-bond acceptors (Lipinski definition) is 3. The van der Waals surface area contributed by atoms with Crippen LogP contribution >= 0.6 is 12.2 Å². The molecule has 0 bridgehead atoms. The number of rotatable bonds is 4. The van der Waals surface area contributed by atoms with Crippen molar-refractivity contribution in [3.8, 4) is 0 Å². The third-order valence-electron chi connectivity index (χ3n) is 3.12. The highest BCUT2D eigenvalue weighted by molar-refractivity contribution is 7.80. The maximum Gasteiger partial charge on any atom is 0.230 e. The third-order valence-corrected chi connectivity index (χ3v) is 3.48. The second kappa shape index (κ2) is 6.62. The number of nitrogens with zero attached hydrogens (tertiary/aromatic N) is 1. The van der Waals surface area contributed by atoms with Crippen LogP contribution in [0.15, 0.2) is 18.2 Å². The molecule has 1 fully saturated rings. The number of amides is 2. The molecule has 112 valence electrons. The Hall–Kier alpha value is -2.02. The Balaban J connectivity index is 1.91. The fourth-order valence-corrected chi connectivity index (χ4v) is 2.30. The highest BCUT2D eigenvalue weighted by Gasteiger charge is 2.23. The molecule has 1 aromatic carbocycles. The largest absolute Gasteiger partial charge is 0.362 e. The van der Waals surface area contributed by atoms with E-state index >= 15 is 0 Å². The fourth-order valence-electron chi connectivity index (χ4n) is 2.01. The van der Waals surface area contributed by atoms with Crippen LogP contribution in [0.5, 0.6) is 0 Å². The van der Waals surface area contributed by atoms with Gasteiger partial charge in [0.05, 0.1) is 5.69 Å². The quantitative estimate of drug-likeness (QED) is 0.829. The number of thiocarbonyl (C=S) groups is 1. The third kappa shape index (κ3) is 3.98. The first kappa shape index (κ1) is 15.4. The number of aryl methyl sites for hydroxylation is 1. The normalized spacial score (nSPS) is 14.9. The van der Waals surface area contributed by atoms with Crippen molar-refractivity contribution in [2.24, 2.45) is 0 Å². The van der Waals surface area contributed by atoms with Crippen molar-refractivity contribution in [1.82, 2.24) is 10.2 Å². The Morgan fingerprint density at radius 1 is 1.52 bits per heavy atom. The molecule has 0 spiro atoms. The standard InChI is InChI=1S/C14H16FN3O2S/c1-9-2-3-10(15)11(8-9)17-12(19)5-7-18-13(20)4-6-16-14(18)21/h2-3,8H,4-7H2,1H3,(H,16,21)(H,17,19). The number of nitrogens with one attached hydrogen (secondary N) is 2. The van der Waals surface area contributed by atoms with E-state index in [2.05, 4.69) is 10.6 Å². The van der Waals surface area contributed by atoms with Gasteiger partial charge in [-0.2, -0.15) is 0 Å². The van der Waals surface area contributed by atoms with Crippen LogP contribution in [0.25, 0.3) is 0 Å². The van der Waals surface area contributed by atoms with E-state index in [-0.39, 0.29) is 30.5 Å². The molecule has 0 saturated carbocycles. The van der Waals surface area contributed by atoms with Crippen LogP contribution in [0.2, 0.25) is 0 Å². The van der Waals surface area contributed by atoms with Gasteiger partial charge < -0.3 is 10.6 Å². The monoisotopic (exact) mass is 309 g/mol. The van der Waals surface area contributed by atoms with Gasteiger partial charge in [-0.15, -0.1) is 0 Å². The molecule has 0 atom stereocenters. The summed E-state index contributed by atoms with van der Waals surface area (Å²) in [6.45, 7) is 2.52. The summed E-state index contributed by atoms with van der Waals surface area (Å²) in [6, 6.07) is 4.49. The Kier molecular flexibility index (Phi) is 4.85. The lowest BCUT2D eigenvalue weighted by molar-refractivity contribution is -0.128. The molecule has 1 aliphatic heterocycles. The Bertz CT molecular complexity index is 576. The summed E-state index contributed by atoms with van der Waals surface area (Å²) < 4.78 is 13.5. The van der Waals surface area contributed by atoms with Crippen molar-refractivity contribution in [1.29, 1.82) is 0 Å². The molecule has 0 aromatic heterocycles. The summed E-state index contributed by atoms with van der Waals surface area (Å²) >= 11 is 5.03. The van der Waals surface area contributed by atoms with Crippen molar-refractivity contribution >= 4 is 34.8 Å². The van der Waals surface area contributed by atoms with Crippen LogP contribution < -0.4 is 10.6 Å². The molecule has 5 nitrogen and oxygen atoms in total. The van der Waals surface area contributed by atoms with Gasteiger partial charge in [-0.3, -0.25) is 14.5 Å². The van der Waals surface area contributed by atoms with E-state index in [4.69, 9.17) is 12.2 Å². The topological polar surface area (TPSA) is 61.4 Å². The number of carbonyl (C=O) groups excluding carboxylic acids is 2. The molecule has 0 radical (unpaired) electrons. The van der Waals surface area contributed by atoms with E-state index in [0.29, 0.717) is 18.1 Å². The summed E-state index contributed by atoms with van der Waals surface area (Å²) in [5, 5.41) is 5.74.